The number of hydrogen-bond donors (Lipinski definition) is 1. The number of halogens is 1. The number of anilines is 1. The summed E-state index contributed by atoms with van der Waals surface area (Å²) in [4.78, 5) is 12.8. The number of hydrogen-bond acceptors (Lipinski definition) is 3. The molecule has 2 aromatic carbocycles. The van der Waals surface area contributed by atoms with Crippen LogP contribution in [-0.4, -0.2) is 18.6 Å². The van der Waals surface area contributed by atoms with E-state index in [2.05, 4.69) is 58.5 Å². The molecule has 0 heterocycles. The molecule has 1 fully saturated rings. The number of esters is 1. The van der Waals surface area contributed by atoms with Crippen LogP contribution in [-0.2, 0) is 14.9 Å². The molecule has 140 valence electrons. The molecule has 4 rings (SSSR count). The third-order valence-electron chi connectivity index (χ3n) is 6.34. The lowest BCUT2D eigenvalue weighted by molar-refractivity contribution is -0.147. The van der Waals surface area contributed by atoms with Crippen LogP contribution in [0.2, 0.25) is 0 Å². The molecule has 1 spiro atoms. The molecule has 0 radical (unpaired) electrons. The number of carbonyl (C=O) groups excluding carboxylic acids is 1. The minimum Gasteiger partial charge on any atom is -0.467 e. The molecule has 0 saturated heterocycles. The average Bonchev–Trinajstić information content (AvgIpc) is 2.95. The maximum atomic E-state index is 12.8. The van der Waals surface area contributed by atoms with E-state index in [1.54, 1.807) is 0 Å². The molecule has 4 heteroatoms. The lowest BCUT2D eigenvalue weighted by Gasteiger charge is -2.45. The second-order valence-electron chi connectivity index (χ2n) is 7.71. The molecule has 2 aliphatic carbocycles. The fourth-order valence-electron chi connectivity index (χ4n) is 4.83. The third-order valence-corrected chi connectivity index (χ3v) is 6.84. The molecule has 3 nitrogen and oxygen atoms in total. The van der Waals surface area contributed by atoms with Gasteiger partial charge in [-0.2, -0.15) is 0 Å². The van der Waals surface area contributed by atoms with Gasteiger partial charge >= 0.3 is 5.97 Å². The van der Waals surface area contributed by atoms with E-state index in [-0.39, 0.29) is 11.4 Å². The highest BCUT2D eigenvalue weighted by atomic mass is 79.9. The summed E-state index contributed by atoms with van der Waals surface area (Å²) in [5.74, 6) is -0.176. The average molecular weight is 426 g/mol. The van der Waals surface area contributed by atoms with E-state index in [1.807, 2.05) is 24.3 Å². The summed E-state index contributed by atoms with van der Waals surface area (Å²) in [6, 6.07) is 16.6. The van der Waals surface area contributed by atoms with Crippen molar-refractivity contribution in [2.75, 3.05) is 12.4 Å². The molecule has 0 atom stereocenters. The van der Waals surface area contributed by atoms with Gasteiger partial charge in [0, 0.05) is 15.6 Å². The van der Waals surface area contributed by atoms with E-state index < -0.39 is 5.54 Å². The Hall–Kier alpha value is -2.07. The second-order valence-corrected chi connectivity index (χ2v) is 8.62. The Kier molecular flexibility index (Phi) is 4.63. The van der Waals surface area contributed by atoms with Crippen molar-refractivity contribution in [3.05, 3.63) is 69.7 Å². The highest BCUT2D eigenvalue weighted by molar-refractivity contribution is 9.10. The van der Waals surface area contributed by atoms with Crippen LogP contribution >= 0.6 is 15.9 Å². The van der Waals surface area contributed by atoms with Gasteiger partial charge in [-0.25, -0.2) is 4.79 Å². The Morgan fingerprint density at radius 1 is 1.07 bits per heavy atom. The van der Waals surface area contributed by atoms with E-state index in [0.717, 1.165) is 35.8 Å². The molecule has 0 aromatic heterocycles. The zero-order valence-electron chi connectivity index (χ0n) is 15.7. The molecule has 0 bridgehead atoms. The fourth-order valence-corrected chi connectivity index (χ4v) is 5.23. The van der Waals surface area contributed by atoms with E-state index in [4.69, 9.17) is 4.74 Å². The number of methoxy groups -OCH3 is 1. The molecule has 27 heavy (non-hydrogen) atoms. The van der Waals surface area contributed by atoms with Gasteiger partial charge in [-0.15, -0.1) is 0 Å². The van der Waals surface area contributed by atoms with Crippen molar-refractivity contribution in [2.45, 2.75) is 43.6 Å². The summed E-state index contributed by atoms with van der Waals surface area (Å²) in [6.07, 6.45) is 5.66. The number of rotatable bonds is 3. The van der Waals surface area contributed by atoms with Gasteiger partial charge < -0.3 is 10.1 Å². The van der Waals surface area contributed by atoms with Crippen LogP contribution in [0.25, 0.3) is 6.08 Å². The molecule has 2 aliphatic rings. The standard InChI is InChI=1S/C23H24BrNO2/c1-16-14-17-6-3-4-9-20(17)22(16)10-12-23(13-11-22,21(26)27-2)25-19-8-5-7-18(24)15-19/h3-9,14-15,25H,10-13H2,1-2H3. The Morgan fingerprint density at radius 3 is 2.52 bits per heavy atom. The Morgan fingerprint density at radius 2 is 1.81 bits per heavy atom. The van der Waals surface area contributed by atoms with Crippen LogP contribution in [0.15, 0.2) is 58.6 Å². The van der Waals surface area contributed by atoms with Gasteiger partial charge in [0.05, 0.1) is 7.11 Å². The minimum absolute atomic E-state index is 0.0487. The number of benzene rings is 2. The van der Waals surface area contributed by atoms with Gasteiger partial charge in [0.15, 0.2) is 0 Å². The zero-order valence-corrected chi connectivity index (χ0v) is 17.3. The van der Waals surface area contributed by atoms with Crippen molar-refractivity contribution in [3.8, 4) is 0 Å². The lowest BCUT2D eigenvalue weighted by Crippen LogP contribution is -2.52. The predicted octanol–water partition coefficient (Wildman–Crippen LogP) is 5.70. The highest BCUT2D eigenvalue weighted by Crippen LogP contribution is 2.53. The summed E-state index contributed by atoms with van der Waals surface area (Å²) in [5.41, 5.74) is 4.43. The third kappa shape index (κ3) is 3.00. The fraction of sp³-hybridized carbons (Fsp3) is 0.348. The summed E-state index contributed by atoms with van der Waals surface area (Å²) in [6.45, 7) is 2.23. The molecular weight excluding hydrogens is 402 g/mol. The maximum absolute atomic E-state index is 12.8. The summed E-state index contributed by atoms with van der Waals surface area (Å²) >= 11 is 3.51. The molecule has 0 aliphatic heterocycles. The van der Waals surface area contributed by atoms with Gasteiger partial charge in [-0.05, 0) is 61.9 Å². The smallest absolute Gasteiger partial charge is 0.331 e. The first-order valence-corrected chi connectivity index (χ1v) is 10.2. The van der Waals surface area contributed by atoms with Gasteiger partial charge in [0.2, 0.25) is 0 Å². The highest BCUT2D eigenvalue weighted by Gasteiger charge is 2.50. The van der Waals surface area contributed by atoms with E-state index in [0.29, 0.717) is 0 Å². The van der Waals surface area contributed by atoms with Crippen molar-refractivity contribution >= 4 is 33.7 Å². The monoisotopic (exact) mass is 425 g/mol. The molecular formula is C23H24BrNO2. The quantitative estimate of drug-likeness (QED) is 0.640. The number of fused-ring (bicyclic) bond motifs is 2. The number of allylic oxidation sites excluding steroid dienone is 1. The van der Waals surface area contributed by atoms with Crippen LogP contribution in [0.3, 0.4) is 0 Å². The normalized spacial score (nSPS) is 26.4. The van der Waals surface area contributed by atoms with Crippen LogP contribution in [0.4, 0.5) is 5.69 Å². The van der Waals surface area contributed by atoms with Crippen molar-refractivity contribution in [3.63, 3.8) is 0 Å². The Bertz CT molecular complexity index is 910. The van der Waals surface area contributed by atoms with E-state index in [1.165, 1.54) is 23.8 Å². The van der Waals surface area contributed by atoms with Gasteiger partial charge in [-0.3, -0.25) is 0 Å². The van der Waals surface area contributed by atoms with Crippen LogP contribution in [0.1, 0.15) is 43.7 Å². The largest absolute Gasteiger partial charge is 0.467 e. The molecule has 1 saturated carbocycles. The van der Waals surface area contributed by atoms with Crippen molar-refractivity contribution in [1.82, 2.24) is 0 Å². The number of nitrogens with one attached hydrogen (secondary N) is 1. The first kappa shape index (κ1) is 18.3. The zero-order chi connectivity index (χ0) is 19.1. The van der Waals surface area contributed by atoms with Crippen molar-refractivity contribution < 1.29 is 9.53 Å². The minimum atomic E-state index is -0.682. The number of ether oxygens (including phenoxy) is 1. The number of carbonyl (C=O) groups is 1. The van der Waals surface area contributed by atoms with Crippen LogP contribution in [0, 0.1) is 0 Å². The topological polar surface area (TPSA) is 38.3 Å². The Balaban J connectivity index is 1.64. The maximum Gasteiger partial charge on any atom is 0.331 e. The molecule has 1 N–H and O–H groups in total. The summed E-state index contributed by atoms with van der Waals surface area (Å²) in [5, 5.41) is 3.51. The molecule has 2 aromatic rings. The van der Waals surface area contributed by atoms with Gasteiger partial charge in [0.1, 0.15) is 5.54 Å². The van der Waals surface area contributed by atoms with Crippen LogP contribution < -0.4 is 5.32 Å². The van der Waals surface area contributed by atoms with Crippen molar-refractivity contribution in [2.24, 2.45) is 0 Å². The first-order chi connectivity index (χ1) is 13.0. The summed E-state index contributed by atoms with van der Waals surface area (Å²) < 4.78 is 6.20. The van der Waals surface area contributed by atoms with E-state index in [9.17, 15) is 4.79 Å². The lowest BCUT2D eigenvalue weighted by atomic mass is 9.62. The summed E-state index contributed by atoms with van der Waals surface area (Å²) in [7, 11) is 1.48. The SMILES string of the molecule is COC(=O)C1(Nc2cccc(Br)c2)CCC2(CC1)C(C)=Cc1ccccc12. The first-order valence-electron chi connectivity index (χ1n) is 9.40. The second kappa shape index (κ2) is 6.83. The molecule has 0 amide bonds. The Labute approximate surface area is 168 Å². The van der Waals surface area contributed by atoms with Crippen molar-refractivity contribution in [1.29, 1.82) is 0 Å². The predicted molar refractivity (Wildman–Crippen MR) is 113 cm³/mol. The van der Waals surface area contributed by atoms with Gasteiger partial charge in [-0.1, -0.05) is 57.9 Å². The van der Waals surface area contributed by atoms with E-state index >= 15 is 0 Å². The van der Waals surface area contributed by atoms with Crippen LogP contribution in [0.5, 0.6) is 0 Å². The molecule has 0 unspecified atom stereocenters. The van der Waals surface area contributed by atoms with Gasteiger partial charge in [0.25, 0.3) is 0 Å².